The van der Waals surface area contributed by atoms with Crippen molar-refractivity contribution in [3.8, 4) is 0 Å². The van der Waals surface area contributed by atoms with E-state index in [0.717, 1.165) is 10.2 Å². The predicted octanol–water partition coefficient (Wildman–Crippen LogP) is 4.45. The quantitative estimate of drug-likeness (QED) is 0.800. The van der Waals surface area contributed by atoms with Crippen LogP contribution < -0.4 is 5.32 Å². The van der Waals surface area contributed by atoms with E-state index in [1.807, 2.05) is 19.1 Å². The molecule has 0 bridgehead atoms. The van der Waals surface area contributed by atoms with E-state index < -0.39 is 0 Å². The number of benzene rings is 2. The van der Waals surface area contributed by atoms with E-state index in [4.69, 9.17) is 0 Å². The number of hydrogen-bond acceptors (Lipinski definition) is 2. The molecular formula is C17H17BrFNOS. The van der Waals surface area contributed by atoms with Crippen molar-refractivity contribution in [2.75, 3.05) is 5.75 Å². The zero-order chi connectivity index (χ0) is 15.9. The molecule has 0 heterocycles. The Labute approximate surface area is 142 Å². The Morgan fingerprint density at radius 3 is 2.86 bits per heavy atom. The minimum atomic E-state index is -0.309. The number of carbonyl (C=O) groups is 1. The van der Waals surface area contributed by atoms with Crippen LogP contribution in [0.15, 0.2) is 46.9 Å². The van der Waals surface area contributed by atoms with Crippen molar-refractivity contribution in [2.45, 2.75) is 19.2 Å². The van der Waals surface area contributed by atoms with E-state index >= 15 is 0 Å². The van der Waals surface area contributed by atoms with Crippen LogP contribution >= 0.6 is 27.7 Å². The van der Waals surface area contributed by atoms with Crippen molar-refractivity contribution in [3.63, 3.8) is 0 Å². The highest BCUT2D eigenvalue weighted by atomic mass is 79.9. The molecule has 0 fully saturated rings. The fraction of sp³-hybridized carbons (Fsp3) is 0.235. The van der Waals surface area contributed by atoms with Crippen LogP contribution in [0.4, 0.5) is 4.39 Å². The Bertz CT molecular complexity index is 663. The smallest absolute Gasteiger partial charge is 0.230 e. The second kappa shape index (κ2) is 8.34. The highest BCUT2D eigenvalue weighted by molar-refractivity contribution is 9.10. The van der Waals surface area contributed by atoms with Crippen LogP contribution in [0.1, 0.15) is 16.7 Å². The molecule has 0 aliphatic rings. The molecule has 0 aliphatic heterocycles. The fourth-order valence-electron chi connectivity index (χ4n) is 1.99. The Morgan fingerprint density at radius 2 is 2.09 bits per heavy atom. The summed E-state index contributed by atoms with van der Waals surface area (Å²) in [5.74, 6) is 0.761. The van der Waals surface area contributed by atoms with Crippen molar-refractivity contribution in [3.05, 3.63) is 69.4 Å². The zero-order valence-electron chi connectivity index (χ0n) is 12.2. The number of nitrogens with one attached hydrogen (secondary N) is 1. The van der Waals surface area contributed by atoms with E-state index in [1.165, 1.54) is 17.2 Å². The molecule has 0 atom stereocenters. The average molecular weight is 382 g/mol. The maximum absolute atomic E-state index is 13.6. The molecule has 22 heavy (non-hydrogen) atoms. The summed E-state index contributed by atoms with van der Waals surface area (Å²) in [5.41, 5.74) is 2.90. The summed E-state index contributed by atoms with van der Waals surface area (Å²) in [7, 11) is 0. The van der Waals surface area contributed by atoms with Gasteiger partial charge in [-0.25, -0.2) is 4.39 Å². The number of thioether (sulfide) groups is 1. The number of amides is 1. The van der Waals surface area contributed by atoms with Crippen LogP contribution in [0, 0.1) is 12.7 Å². The topological polar surface area (TPSA) is 29.1 Å². The van der Waals surface area contributed by atoms with Gasteiger partial charge < -0.3 is 5.32 Å². The van der Waals surface area contributed by atoms with Crippen LogP contribution in [-0.4, -0.2) is 11.7 Å². The zero-order valence-corrected chi connectivity index (χ0v) is 14.6. The van der Waals surface area contributed by atoms with Gasteiger partial charge in [0.2, 0.25) is 5.91 Å². The first-order valence-corrected chi connectivity index (χ1v) is 8.83. The van der Waals surface area contributed by atoms with Crippen LogP contribution in [0.5, 0.6) is 0 Å². The molecule has 2 aromatic carbocycles. The van der Waals surface area contributed by atoms with E-state index in [2.05, 4.69) is 33.4 Å². The van der Waals surface area contributed by atoms with Crippen LogP contribution in [0.2, 0.25) is 0 Å². The molecule has 0 aliphatic carbocycles. The van der Waals surface area contributed by atoms with Crippen molar-refractivity contribution in [1.29, 1.82) is 0 Å². The van der Waals surface area contributed by atoms with Gasteiger partial charge in [0.1, 0.15) is 5.82 Å². The summed E-state index contributed by atoms with van der Waals surface area (Å²) < 4.78 is 14.4. The molecule has 2 nitrogen and oxygen atoms in total. The van der Waals surface area contributed by atoms with Gasteiger partial charge in [-0.05, 0) is 30.7 Å². The highest BCUT2D eigenvalue weighted by Gasteiger charge is 2.06. The number of carbonyl (C=O) groups excluding carboxylic acids is 1. The summed E-state index contributed by atoms with van der Waals surface area (Å²) in [6, 6.07) is 12.9. The Morgan fingerprint density at radius 1 is 1.27 bits per heavy atom. The van der Waals surface area contributed by atoms with Gasteiger partial charge >= 0.3 is 0 Å². The second-order valence-electron chi connectivity index (χ2n) is 4.99. The largest absolute Gasteiger partial charge is 0.351 e. The number of halogens is 2. The molecule has 116 valence electrons. The third kappa shape index (κ3) is 5.46. The molecule has 5 heteroatoms. The van der Waals surface area contributed by atoms with E-state index in [9.17, 15) is 9.18 Å². The molecule has 0 saturated carbocycles. The number of rotatable bonds is 6. The predicted molar refractivity (Wildman–Crippen MR) is 93.3 cm³/mol. The lowest BCUT2D eigenvalue weighted by Gasteiger charge is -2.07. The van der Waals surface area contributed by atoms with Crippen LogP contribution in [0.25, 0.3) is 0 Å². The molecular weight excluding hydrogens is 365 g/mol. The summed E-state index contributed by atoms with van der Waals surface area (Å²) in [6.07, 6.45) is 0. The minimum absolute atomic E-state index is 0.0861. The summed E-state index contributed by atoms with van der Waals surface area (Å²) in [6.45, 7) is 2.25. The number of aryl methyl sites for hydroxylation is 1. The maximum Gasteiger partial charge on any atom is 0.230 e. The highest BCUT2D eigenvalue weighted by Crippen LogP contribution is 2.16. The van der Waals surface area contributed by atoms with Gasteiger partial charge in [0, 0.05) is 22.3 Å². The molecule has 0 saturated heterocycles. The van der Waals surface area contributed by atoms with Gasteiger partial charge in [0.05, 0.1) is 5.75 Å². The first-order valence-electron chi connectivity index (χ1n) is 6.88. The van der Waals surface area contributed by atoms with Gasteiger partial charge in [-0.15, -0.1) is 11.8 Å². The standard InChI is InChI=1S/C17H17BrFNOS/c1-12-3-2-4-13(7-12)10-22-11-17(21)20-9-14-8-15(18)5-6-16(14)19/h2-8H,9-11H2,1H3,(H,20,21). The van der Waals surface area contributed by atoms with Gasteiger partial charge in [-0.3, -0.25) is 4.79 Å². The first-order chi connectivity index (χ1) is 10.5. The van der Waals surface area contributed by atoms with Gasteiger partial charge in [-0.2, -0.15) is 0 Å². The monoisotopic (exact) mass is 381 g/mol. The molecule has 0 radical (unpaired) electrons. The fourth-order valence-corrected chi connectivity index (χ4v) is 3.20. The van der Waals surface area contributed by atoms with Crippen molar-refractivity contribution in [2.24, 2.45) is 0 Å². The van der Waals surface area contributed by atoms with Gasteiger partial charge in [0.15, 0.2) is 0 Å². The van der Waals surface area contributed by atoms with Crippen LogP contribution in [-0.2, 0) is 17.1 Å². The van der Waals surface area contributed by atoms with Gasteiger partial charge in [0.25, 0.3) is 0 Å². The Balaban J connectivity index is 1.75. The Hall–Kier alpha value is -1.33. The lowest BCUT2D eigenvalue weighted by atomic mass is 10.2. The molecule has 0 unspecified atom stereocenters. The molecule has 1 N–H and O–H groups in total. The molecule has 0 spiro atoms. The third-order valence-electron chi connectivity index (χ3n) is 3.07. The van der Waals surface area contributed by atoms with Crippen molar-refractivity contribution in [1.82, 2.24) is 5.32 Å². The molecule has 2 aromatic rings. The van der Waals surface area contributed by atoms with E-state index in [0.29, 0.717) is 11.3 Å². The first kappa shape index (κ1) is 17.0. The lowest BCUT2D eigenvalue weighted by Crippen LogP contribution is -2.25. The number of hydrogen-bond donors (Lipinski definition) is 1. The SMILES string of the molecule is Cc1cccc(CSCC(=O)NCc2cc(Br)ccc2F)c1. The third-order valence-corrected chi connectivity index (χ3v) is 4.57. The summed E-state index contributed by atoms with van der Waals surface area (Å²) in [4.78, 5) is 11.8. The molecule has 1 amide bonds. The van der Waals surface area contributed by atoms with E-state index in [1.54, 1.807) is 23.9 Å². The summed E-state index contributed by atoms with van der Waals surface area (Å²) in [5, 5.41) is 2.74. The average Bonchev–Trinajstić information content (AvgIpc) is 2.48. The second-order valence-corrected chi connectivity index (χ2v) is 6.90. The molecule has 2 rings (SSSR count). The van der Waals surface area contributed by atoms with Crippen LogP contribution in [0.3, 0.4) is 0 Å². The van der Waals surface area contributed by atoms with Gasteiger partial charge in [-0.1, -0.05) is 45.8 Å². The van der Waals surface area contributed by atoms with Crippen molar-refractivity contribution >= 4 is 33.6 Å². The van der Waals surface area contributed by atoms with E-state index in [-0.39, 0.29) is 18.3 Å². The lowest BCUT2D eigenvalue weighted by molar-refractivity contribution is -0.118. The molecule has 0 aromatic heterocycles. The minimum Gasteiger partial charge on any atom is -0.351 e. The Kier molecular flexibility index (Phi) is 6.46. The maximum atomic E-state index is 13.6. The normalized spacial score (nSPS) is 10.5. The summed E-state index contributed by atoms with van der Waals surface area (Å²) >= 11 is 4.84. The van der Waals surface area contributed by atoms with Crippen molar-refractivity contribution < 1.29 is 9.18 Å².